The Balaban J connectivity index is 1.23. The third-order valence-electron chi connectivity index (χ3n) is 6.49. The van der Waals surface area contributed by atoms with Gasteiger partial charge in [-0.25, -0.2) is 4.39 Å². The molecule has 36 heavy (non-hydrogen) atoms. The molecule has 2 aromatic carbocycles. The number of aromatic nitrogens is 1. The molecule has 2 aliphatic heterocycles. The summed E-state index contributed by atoms with van der Waals surface area (Å²) >= 11 is 0. The van der Waals surface area contributed by atoms with Crippen LogP contribution in [0.1, 0.15) is 0 Å². The second-order valence-electron chi connectivity index (χ2n) is 8.73. The Morgan fingerprint density at radius 2 is 2.00 bits per heavy atom. The van der Waals surface area contributed by atoms with E-state index in [9.17, 15) is 9.18 Å². The van der Waals surface area contributed by atoms with Gasteiger partial charge in [0, 0.05) is 62.6 Å². The highest BCUT2D eigenvalue weighted by molar-refractivity contribution is 5.88. The van der Waals surface area contributed by atoms with Crippen molar-refractivity contribution >= 4 is 22.5 Å². The van der Waals surface area contributed by atoms with Crippen LogP contribution in [0.2, 0.25) is 0 Å². The molecule has 0 radical (unpaired) electrons. The molecule has 1 amide bonds. The van der Waals surface area contributed by atoms with Crippen molar-refractivity contribution in [3.05, 3.63) is 48.4 Å². The van der Waals surface area contributed by atoms with Crippen molar-refractivity contribution in [3.8, 4) is 23.0 Å². The van der Waals surface area contributed by atoms with E-state index < -0.39 is 5.82 Å². The zero-order valence-electron chi connectivity index (χ0n) is 20.3. The minimum absolute atomic E-state index is 0.0663. The fraction of sp³-hybridized carbons (Fsp3) is 0.385. The summed E-state index contributed by atoms with van der Waals surface area (Å²) in [5.41, 5.74) is 1.30. The third kappa shape index (κ3) is 5.00. The first-order valence-corrected chi connectivity index (χ1v) is 11.9. The average molecular weight is 497 g/mol. The number of likely N-dealkylation sites (tertiary alicyclic amines) is 1. The summed E-state index contributed by atoms with van der Waals surface area (Å²) in [6.07, 6.45) is 1.61. The lowest BCUT2D eigenvalue weighted by atomic mass is 10.1. The van der Waals surface area contributed by atoms with Gasteiger partial charge in [-0.15, -0.1) is 0 Å². The zero-order valence-corrected chi connectivity index (χ0v) is 20.3. The van der Waals surface area contributed by atoms with Crippen molar-refractivity contribution in [3.63, 3.8) is 0 Å². The molecule has 1 aromatic heterocycles. The van der Waals surface area contributed by atoms with E-state index >= 15 is 0 Å². The van der Waals surface area contributed by atoms with Crippen LogP contribution in [-0.2, 0) is 9.53 Å². The van der Waals surface area contributed by atoms with Gasteiger partial charge in [0.15, 0.2) is 23.1 Å². The summed E-state index contributed by atoms with van der Waals surface area (Å²) < 4.78 is 37.1. The molecule has 2 aliphatic rings. The Bertz CT molecular complexity index is 1250. The van der Waals surface area contributed by atoms with E-state index in [0.717, 1.165) is 19.6 Å². The maximum absolute atomic E-state index is 14.5. The molecule has 9 nitrogen and oxygen atoms in total. The number of hydrogen-bond donors (Lipinski definition) is 1. The molecule has 0 unspecified atom stereocenters. The number of nitrogens with one attached hydrogen (secondary N) is 1. The number of pyridine rings is 1. The van der Waals surface area contributed by atoms with Gasteiger partial charge in [0.2, 0.25) is 5.91 Å². The Hall–Kier alpha value is -3.63. The first-order chi connectivity index (χ1) is 17.6. The number of fused-ring (bicyclic) bond motifs is 1. The van der Waals surface area contributed by atoms with Gasteiger partial charge < -0.3 is 29.2 Å². The predicted molar refractivity (Wildman–Crippen MR) is 133 cm³/mol. The standard InChI is InChI=1S/C26H29FN4O5/c1-28-17-3-4-23(20(27)11-17)36-22-5-6-29-21-13-25(24(33-2)12-19(21)22)35-10-7-30-14-18(15-30)31-8-9-34-16-26(31)32/h3-6,11-13,18,28H,7-10,14-16H2,1-2H3. The normalized spacial score (nSPS) is 16.6. The van der Waals surface area contributed by atoms with E-state index in [1.165, 1.54) is 6.07 Å². The first-order valence-electron chi connectivity index (χ1n) is 11.9. The largest absolute Gasteiger partial charge is 0.493 e. The minimum atomic E-state index is -0.468. The number of carbonyl (C=O) groups excluding carboxylic acids is 1. The Kier molecular flexibility index (Phi) is 7.06. The van der Waals surface area contributed by atoms with Gasteiger partial charge in [0.1, 0.15) is 19.0 Å². The maximum atomic E-state index is 14.5. The lowest BCUT2D eigenvalue weighted by Crippen LogP contribution is -2.63. The van der Waals surface area contributed by atoms with Crippen LogP contribution in [0.5, 0.6) is 23.0 Å². The van der Waals surface area contributed by atoms with Gasteiger partial charge in [-0.05, 0) is 24.3 Å². The predicted octanol–water partition coefficient (Wildman–Crippen LogP) is 3.14. The molecule has 10 heteroatoms. The van der Waals surface area contributed by atoms with Crippen LogP contribution in [0.15, 0.2) is 42.6 Å². The minimum Gasteiger partial charge on any atom is -0.493 e. The molecule has 0 bridgehead atoms. The fourth-order valence-corrected chi connectivity index (χ4v) is 4.47. The molecule has 0 saturated carbocycles. The molecule has 0 atom stereocenters. The van der Waals surface area contributed by atoms with Gasteiger partial charge in [0.05, 0.1) is 25.3 Å². The number of amides is 1. The summed E-state index contributed by atoms with van der Waals surface area (Å²) in [5.74, 6) is 1.28. The topological polar surface area (TPSA) is 85.4 Å². The van der Waals surface area contributed by atoms with Crippen LogP contribution < -0.4 is 19.5 Å². The molecule has 1 N–H and O–H groups in total. The number of carbonyl (C=O) groups is 1. The molecule has 3 aromatic rings. The molecule has 2 fully saturated rings. The number of methoxy groups -OCH3 is 1. The molecule has 0 spiro atoms. The second-order valence-corrected chi connectivity index (χ2v) is 8.73. The fourth-order valence-electron chi connectivity index (χ4n) is 4.47. The van der Waals surface area contributed by atoms with Crippen molar-refractivity contribution in [2.45, 2.75) is 6.04 Å². The smallest absolute Gasteiger partial charge is 0.248 e. The molecule has 3 heterocycles. The Morgan fingerprint density at radius 3 is 2.75 bits per heavy atom. The summed E-state index contributed by atoms with van der Waals surface area (Å²) in [4.78, 5) is 20.6. The number of nitrogens with zero attached hydrogens (tertiary/aromatic N) is 3. The first kappa shape index (κ1) is 24.1. The van der Waals surface area contributed by atoms with Gasteiger partial charge in [-0.3, -0.25) is 14.7 Å². The molecular weight excluding hydrogens is 467 g/mol. The van der Waals surface area contributed by atoms with Gasteiger partial charge in [-0.1, -0.05) is 0 Å². The highest BCUT2D eigenvalue weighted by Gasteiger charge is 2.35. The van der Waals surface area contributed by atoms with Crippen molar-refractivity contribution in [1.82, 2.24) is 14.8 Å². The molecule has 2 saturated heterocycles. The van der Waals surface area contributed by atoms with E-state index in [1.807, 2.05) is 4.90 Å². The summed E-state index contributed by atoms with van der Waals surface area (Å²) in [6, 6.07) is 10.2. The summed E-state index contributed by atoms with van der Waals surface area (Å²) in [6.45, 7) is 4.30. The van der Waals surface area contributed by atoms with Crippen LogP contribution >= 0.6 is 0 Å². The summed E-state index contributed by atoms with van der Waals surface area (Å²) in [7, 11) is 3.30. The monoisotopic (exact) mass is 496 g/mol. The third-order valence-corrected chi connectivity index (χ3v) is 6.49. The average Bonchev–Trinajstić information content (AvgIpc) is 2.87. The number of ether oxygens (including phenoxy) is 4. The van der Waals surface area contributed by atoms with E-state index in [-0.39, 0.29) is 24.3 Å². The molecule has 0 aliphatic carbocycles. The number of rotatable bonds is 9. The highest BCUT2D eigenvalue weighted by Crippen LogP contribution is 2.37. The lowest BCUT2D eigenvalue weighted by molar-refractivity contribution is -0.150. The van der Waals surface area contributed by atoms with Gasteiger partial charge in [-0.2, -0.15) is 0 Å². The van der Waals surface area contributed by atoms with Crippen LogP contribution in [-0.4, -0.2) is 86.9 Å². The lowest BCUT2D eigenvalue weighted by Gasteiger charge is -2.46. The van der Waals surface area contributed by atoms with Gasteiger partial charge in [0.25, 0.3) is 0 Å². The maximum Gasteiger partial charge on any atom is 0.248 e. The number of benzene rings is 2. The number of anilines is 1. The Labute approximate surface area is 208 Å². The molecule has 5 rings (SSSR count). The second kappa shape index (κ2) is 10.5. The van der Waals surface area contributed by atoms with Crippen molar-refractivity contribution in [1.29, 1.82) is 0 Å². The van der Waals surface area contributed by atoms with E-state index in [0.29, 0.717) is 53.6 Å². The number of halogens is 1. The zero-order chi connectivity index (χ0) is 25.1. The highest BCUT2D eigenvalue weighted by atomic mass is 19.1. The van der Waals surface area contributed by atoms with Crippen LogP contribution in [0.4, 0.5) is 10.1 Å². The van der Waals surface area contributed by atoms with Crippen molar-refractivity contribution < 1.29 is 28.1 Å². The van der Waals surface area contributed by atoms with Crippen LogP contribution in [0, 0.1) is 5.82 Å². The van der Waals surface area contributed by atoms with Crippen molar-refractivity contribution in [2.75, 3.05) is 65.5 Å². The van der Waals surface area contributed by atoms with E-state index in [2.05, 4.69) is 15.2 Å². The van der Waals surface area contributed by atoms with Crippen LogP contribution in [0.3, 0.4) is 0 Å². The van der Waals surface area contributed by atoms with E-state index in [1.54, 1.807) is 50.7 Å². The molecular formula is C26H29FN4O5. The number of hydrogen-bond acceptors (Lipinski definition) is 8. The Morgan fingerprint density at radius 1 is 1.14 bits per heavy atom. The number of morpholine rings is 1. The van der Waals surface area contributed by atoms with Gasteiger partial charge >= 0.3 is 0 Å². The summed E-state index contributed by atoms with van der Waals surface area (Å²) in [5, 5.41) is 3.58. The van der Waals surface area contributed by atoms with Crippen LogP contribution in [0.25, 0.3) is 10.9 Å². The SMILES string of the molecule is CNc1ccc(Oc2ccnc3cc(OCCN4CC(N5CCOCC5=O)C4)c(OC)cc23)c(F)c1. The molecule has 190 valence electrons. The van der Waals surface area contributed by atoms with E-state index in [4.69, 9.17) is 18.9 Å². The quantitative estimate of drug-likeness (QED) is 0.484. The van der Waals surface area contributed by atoms with Crippen molar-refractivity contribution in [2.24, 2.45) is 0 Å².